The summed E-state index contributed by atoms with van der Waals surface area (Å²) in [6.07, 6.45) is 6.44. The predicted molar refractivity (Wildman–Crippen MR) is 78.4 cm³/mol. The standard InChI is InChI=1S/C16H20FNO3/c1-20-14-9-12(13(17)10-15(14)21-2)16(19)18-8-7-11-5-3-4-6-11/h5,9-10H,3-4,6-8H2,1-2H3,(H,18,19). The first kappa shape index (κ1) is 15.4. The third-order valence-electron chi connectivity index (χ3n) is 3.58. The molecule has 0 saturated carbocycles. The number of halogens is 1. The highest BCUT2D eigenvalue weighted by Crippen LogP contribution is 2.29. The molecule has 2 rings (SSSR count). The molecular weight excluding hydrogens is 273 g/mol. The van der Waals surface area contributed by atoms with Crippen LogP contribution in [0.5, 0.6) is 11.5 Å². The zero-order chi connectivity index (χ0) is 15.2. The van der Waals surface area contributed by atoms with Gasteiger partial charge in [-0.15, -0.1) is 0 Å². The minimum Gasteiger partial charge on any atom is -0.493 e. The zero-order valence-corrected chi connectivity index (χ0v) is 12.4. The fraction of sp³-hybridized carbons (Fsp3) is 0.438. The average Bonchev–Trinajstić information content (AvgIpc) is 3.00. The molecule has 0 atom stereocenters. The molecule has 0 heterocycles. The largest absolute Gasteiger partial charge is 0.493 e. The third-order valence-corrected chi connectivity index (χ3v) is 3.58. The molecule has 1 N–H and O–H groups in total. The van der Waals surface area contributed by atoms with Crippen LogP contribution in [0.2, 0.25) is 0 Å². The molecule has 0 unspecified atom stereocenters. The SMILES string of the molecule is COc1cc(F)c(C(=O)NCCC2=CCCC2)cc1OC. The number of allylic oxidation sites excluding steroid dienone is 1. The van der Waals surface area contributed by atoms with Crippen LogP contribution < -0.4 is 14.8 Å². The Morgan fingerprint density at radius 3 is 2.62 bits per heavy atom. The van der Waals surface area contributed by atoms with Crippen molar-refractivity contribution in [1.82, 2.24) is 5.32 Å². The van der Waals surface area contributed by atoms with E-state index in [9.17, 15) is 9.18 Å². The number of benzene rings is 1. The van der Waals surface area contributed by atoms with Gasteiger partial charge in [0, 0.05) is 12.6 Å². The van der Waals surface area contributed by atoms with Crippen LogP contribution in [-0.2, 0) is 0 Å². The van der Waals surface area contributed by atoms with Crippen molar-refractivity contribution in [3.8, 4) is 11.5 Å². The van der Waals surface area contributed by atoms with Crippen LogP contribution in [0.1, 0.15) is 36.0 Å². The van der Waals surface area contributed by atoms with Gasteiger partial charge in [-0.05, 0) is 31.7 Å². The van der Waals surface area contributed by atoms with Gasteiger partial charge in [-0.25, -0.2) is 4.39 Å². The van der Waals surface area contributed by atoms with E-state index < -0.39 is 11.7 Å². The van der Waals surface area contributed by atoms with Crippen molar-refractivity contribution in [2.45, 2.75) is 25.7 Å². The molecule has 5 heteroatoms. The molecule has 21 heavy (non-hydrogen) atoms. The van der Waals surface area contributed by atoms with Crippen molar-refractivity contribution in [1.29, 1.82) is 0 Å². The van der Waals surface area contributed by atoms with Gasteiger partial charge in [-0.3, -0.25) is 4.79 Å². The first-order valence-corrected chi connectivity index (χ1v) is 7.03. The number of ether oxygens (including phenoxy) is 2. The average molecular weight is 293 g/mol. The topological polar surface area (TPSA) is 47.6 Å². The van der Waals surface area contributed by atoms with E-state index in [-0.39, 0.29) is 11.3 Å². The van der Waals surface area contributed by atoms with E-state index in [1.54, 1.807) is 0 Å². The highest BCUT2D eigenvalue weighted by atomic mass is 19.1. The Hall–Kier alpha value is -2.04. The molecule has 0 aliphatic heterocycles. The smallest absolute Gasteiger partial charge is 0.254 e. The Kier molecular flexibility index (Phi) is 5.20. The summed E-state index contributed by atoms with van der Waals surface area (Å²) in [7, 11) is 2.87. The zero-order valence-electron chi connectivity index (χ0n) is 12.4. The van der Waals surface area contributed by atoms with E-state index in [2.05, 4.69) is 11.4 Å². The lowest BCUT2D eigenvalue weighted by Gasteiger charge is -2.11. The number of rotatable bonds is 6. The van der Waals surface area contributed by atoms with E-state index in [4.69, 9.17) is 9.47 Å². The lowest BCUT2D eigenvalue weighted by Crippen LogP contribution is -2.25. The van der Waals surface area contributed by atoms with Crippen LogP contribution in [0, 0.1) is 5.82 Å². The van der Waals surface area contributed by atoms with Gasteiger partial charge in [-0.1, -0.05) is 11.6 Å². The van der Waals surface area contributed by atoms with E-state index in [1.165, 1.54) is 32.3 Å². The summed E-state index contributed by atoms with van der Waals surface area (Å²) in [5, 5.41) is 2.74. The van der Waals surface area contributed by atoms with Crippen LogP contribution in [0.25, 0.3) is 0 Å². The molecule has 0 aromatic heterocycles. The normalized spacial score (nSPS) is 13.8. The minimum absolute atomic E-state index is 0.0342. The molecule has 1 aliphatic carbocycles. The van der Waals surface area contributed by atoms with Crippen molar-refractivity contribution in [2.75, 3.05) is 20.8 Å². The van der Waals surface area contributed by atoms with Gasteiger partial charge < -0.3 is 14.8 Å². The summed E-state index contributed by atoms with van der Waals surface area (Å²) in [4.78, 5) is 12.0. The molecule has 1 amide bonds. The fourth-order valence-corrected chi connectivity index (χ4v) is 2.42. The maximum atomic E-state index is 13.9. The van der Waals surface area contributed by atoms with Crippen LogP contribution in [0.4, 0.5) is 4.39 Å². The molecule has 4 nitrogen and oxygen atoms in total. The van der Waals surface area contributed by atoms with E-state index in [0.29, 0.717) is 12.3 Å². The van der Waals surface area contributed by atoms with Gasteiger partial charge in [0.1, 0.15) is 5.82 Å². The van der Waals surface area contributed by atoms with Crippen molar-refractivity contribution in [3.63, 3.8) is 0 Å². The minimum atomic E-state index is -0.620. The number of hydrogen-bond acceptors (Lipinski definition) is 3. The number of carbonyl (C=O) groups is 1. The molecule has 0 fully saturated rings. The Morgan fingerprint density at radius 2 is 2.00 bits per heavy atom. The first-order chi connectivity index (χ1) is 10.2. The Bertz CT molecular complexity index is 555. The fourth-order valence-electron chi connectivity index (χ4n) is 2.42. The second-order valence-electron chi connectivity index (χ2n) is 4.95. The summed E-state index contributed by atoms with van der Waals surface area (Å²) in [6.45, 7) is 0.512. The van der Waals surface area contributed by atoms with Gasteiger partial charge in [0.05, 0.1) is 19.8 Å². The van der Waals surface area contributed by atoms with E-state index >= 15 is 0 Å². The number of amides is 1. The molecular formula is C16H20FNO3. The number of hydrogen-bond donors (Lipinski definition) is 1. The molecule has 1 aromatic rings. The third kappa shape index (κ3) is 3.74. The second kappa shape index (κ2) is 7.11. The van der Waals surface area contributed by atoms with Crippen molar-refractivity contribution in [2.24, 2.45) is 0 Å². The summed E-state index contributed by atoms with van der Waals surface area (Å²) < 4.78 is 24.0. The quantitative estimate of drug-likeness (QED) is 0.820. The summed E-state index contributed by atoms with van der Waals surface area (Å²) >= 11 is 0. The predicted octanol–water partition coefficient (Wildman–Crippen LogP) is 3.07. The number of carbonyl (C=O) groups excluding carboxylic acids is 1. The van der Waals surface area contributed by atoms with Crippen molar-refractivity contribution in [3.05, 3.63) is 35.2 Å². The Balaban J connectivity index is 2.01. The maximum Gasteiger partial charge on any atom is 0.254 e. The molecule has 0 saturated heterocycles. The lowest BCUT2D eigenvalue weighted by molar-refractivity contribution is 0.0949. The van der Waals surface area contributed by atoms with Crippen LogP contribution in [0.3, 0.4) is 0 Å². The Morgan fingerprint density at radius 1 is 1.29 bits per heavy atom. The van der Waals surface area contributed by atoms with Gasteiger partial charge in [0.15, 0.2) is 11.5 Å². The highest BCUT2D eigenvalue weighted by molar-refractivity contribution is 5.95. The summed E-state index contributed by atoms with van der Waals surface area (Å²) in [5.41, 5.74) is 1.33. The van der Waals surface area contributed by atoms with Crippen LogP contribution in [-0.4, -0.2) is 26.7 Å². The maximum absolute atomic E-state index is 13.9. The van der Waals surface area contributed by atoms with Gasteiger partial charge in [0.2, 0.25) is 0 Å². The second-order valence-corrected chi connectivity index (χ2v) is 4.95. The lowest BCUT2D eigenvalue weighted by atomic mass is 10.1. The molecule has 0 radical (unpaired) electrons. The molecule has 0 spiro atoms. The first-order valence-electron chi connectivity index (χ1n) is 7.03. The van der Waals surface area contributed by atoms with Crippen LogP contribution in [0.15, 0.2) is 23.8 Å². The highest BCUT2D eigenvalue weighted by Gasteiger charge is 2.17. The van der Waals surface area contributed by atoms with E-state index in [1.807, 2.05) is 0 Å². The van der Waals surface area contributed by atoms with Gasteiger partial charge in [0.25, 0.3) is 5.91 Å². The number of nitrogens with one attached hydrogen (secondary N) is 1. The van der Waals surface area contributed by atoms with Gasteiger partial charge >= 0.3 is 0 Å². The van der Waals surface area contributed by atoms with E-state index in [0.717, 1.165) is 25.3 Å². The van der Waals surface area contributed by atoms with Crippen molar-refractivity contribution < 1.29 is 18.7 Å². The van der Waals surface area contributed by atoms with Crippen molar-refractivity contribution >= 4 is 5.91 Å². The molecule has 1 aliphatic rings. The molecule has 0 bridgehead atoms. The summed E-state index contributed by atoms with van der Waals surface area (Å²) in [6, 6.07) is 2.52. The monoisotopic (exact) mass is 293 g/mol. The van der Waals surface area contributed by atoms with Crippen LogP contribution >= 0.6 is 0 Å². The Labute approximate surface area is 123 Å². The summed E-state index contributed by atoms with van der Waals surface area (Å²) in [5.74, 6) is -0.456. The molecule has 114 valence electrons. The molecule has 1 aromatic carbocycles. The van der Waals surface area contributed by atoms with Gasteiger partial charge in [-0.2, -0.15) is 0 Å². The number of methoxy groups -OCH3 is 2.